The van der Waals surface area contributed by atoms with Crippen LogP contribution in [0.15, 0.2) is 24.3 Å². The highest BCUT2D eigenvalue weighted by molar-refractivity contribution is 5.35. The fraction of sp³-hybridized carbons (Fsp3) is 0.455. The molecule has 0 amide bonds. The van der Waals surface area contributed by atoms with Gasteiger partial charge in [-0.25, -0.2) is 0 Å². The molecule has 0 bridgehead atoms. The molecule has 0 heterocycles. The molecule has 0 saturated heterocycles. The van der Waals surface area contributed by atoms with E-state index in [0.717, 1.165) is 18.5 Å². The lowest BCUT2D eigenvalue weighted by Gasteiger charge is -2.15. The Morgan fingerprint density at radius 1 is 1.46 bits per heavy atom. The molecule has 0 aliphatic heterocycles. The maximum absolute atomic E-state index is 9.91. The van der Waals surface area contributed by atoms with Crippen LogP contribution in [0.1, 0.15) is 24.2 Å². The van der Waals surface area contributed by atoms with Crippen molar-refractivity contribution in [2.75, 3.05) is 6.54 Å². The van der Waals surface area contributed by atoms with Crippen LogP contribution in [-0.4, -0.2) is 17.7 Å². The molecule has 13 heavy (non-hydrogen) atoms. The van der Waals surface area contributed by atoms with Gasteiger partial charge < -0.3 is 10.4 Å². The number of hydrogen-bond donors (Lipinski definition) is 2. The smallest absolute Gasteiger partial charge is 0.0948 e. The summed E-state index contributed by atoms with van der Waals surface area (Å²) in [6, 6.07) is 8.33. The van der Waals surface area contributed by atoms with Crippen LogP contribution in [0, 0.1) is 0 Å². The van der Waals surface area contributed by atoms with E-state index in [9.17, 15) is 5.11 Å². The first-order valence-corrected chi connectivity index (χ1v) is 4.82. The van der Waals surface area contributed by atoms with Gasteiger partial charge in [-0.05, 0) is 24.1 Å². The maximum atomic E-state index is 9.91. The molecule has 2 N–H and O–H groups in total. The van der Waals surface area contributed by atoms with Crippen LogP contribution in [0.25, 0.3) is 0 Å². The molecule has 2 rings (SSSR count). The summed E-state index contributed by atoms with van der Waals surface area (Å²) >= 11 is 0. The highest BCUT2D eigenvalue weighted by atomic mass is 16.3. The molecule has 0 unspecified atom stereocenters. The zero-order valence-corrected chi connectivity index (χ0v) is 7.83. The highest BCUT2D eigenvalue weighted by Gasteiger charge is 2.29. The topological polar surface area (TPSA) is 32.3 Å². The van der Waals surface area contributed by atoms with Crippen LogP contribution in [0.3, 0.4) is 0 Å². The van der Waals surface area contributed by atoms with Crippen molar-refractivity contribution in [1.82, 2.24) is 5.32 Å². The van der Waals surface area contributed by atoms with E-state index in [2.05, 4.69) is 18.3 Å². The van der Waals surface area contributed by atoms with E-state index < -0.39 is 0 Å². The van der Waals surface area contributed by atoms with E-state index in [1.54, 1.807) is 0 Å². The zero-order chi connectivity index (χ0) is 9.26. The van der Waals surface area contributed by atoms with Gasteiger partial charge in [0.05, 0.1) is 6.10 Å². The lowest BCUT2D eigenvalue weighted by atomic mass is 10.1. The number of benzene rings is 1. The van der Waals surface area contributed by atoms with Crippen molar-refractivity contribution in [3.63, 3.8) is 0 Å². The first kappa shape index (κ1) is 8.73. The number of aliphatic hydroxyl groups is 1. The van der Waals surface area contributed by atoms with Crippen molar-refractivity contribution in [2.45, 2.75) is 25.5 Å². The molecule has 1 aromatic carbocycles. The number of rotatable bonds is 2. The molecule has 1 aliphatic carbocycles. The summed E-state index contributed by atoms with van der Waals surface area (Å²) in [5.74, 6) is 0. The maximum Gasteiger partial charge on any atom is 0.0948 e. The fourth-order valence-corrected chi connectivity index (χ4v) is 2.02. The largest absolute Gasteiger partial charge is 0.387 e. The average molecular weight is 177 g/mol. The van der Waals surface area contributed by atoms with Gasteiger partial charge in [0.1, 0.15) is 0 Å². The Hall–Kier alpha value is -0.860. The van der Waals surface area contributed by atoms with Crippen LogP contribution >= 0.6 is 0 Å². The Bertz CT molecular complexity index is 298. The second kappa shape index (κ2) is 3.48. The summed E-state index contributed by atoms with van der Waals surface area (Å²) in [7, 11) is 0. The van der Waals surface area contributed by atoms with E-state index in [1.165, 1.54) is 5.56 Å². The average Bonchev–Trinajstić information content (AvgIpc) is 2.46. The van der Waals surface area contributed by atoms with E-state index in [1.807, 2.05) is 18.2 Å². The first-order valence-electron chi connectivity index (χ1n) is 4.82. The second-order valence-electron chi connectivity index (χ2n) is 3.51. The van der Waals surface area contributed by atoms with Crippen LogP contribution in [-0.2, 0) is 6.42 Å². The Morgan fingerprint density at radius 3 is 2.92 bits per heavy atom. The highest BCUT2D eigenvalue weighted by Crippen LogP contribution is 2.30. The van der Waals surface area contributed by atoms with Gasteiger partial charge in [-0.2, -0.15) is 0 Å². The van der Waals surface area contributed by atoms with Gasteiger partial charge in [0.25, 0.3) is 0 Å². The number of nitrogens with one attached hydrogen (secondary N) is 1. The predicted octanol–water partition coefficient (Wildman–Crippen LogP) is 1.25. The predicted molar refractivity (Wildman–Crippen MR) is 52.6 cm³/mol. The zero-order valence-electron chi connectivity index (χ0n) is 7.83. The summed E-state index contributed by atoms with van der Waals surface area (Å²) < 4.78 is 0. The number of likely N-dealkylation sites (N-methyl/N-ethyl adjacent to an activating group) is 1. The van der Waals surface area contributed by atoms with E-state index >= 15 is 0 Å². The third kappa shape index (κ3) is 1.47. The normalized spacial score (nSPS) is 26.0. The quantitative estimate of drug-likeness (QED) is 0.712. The minimum Gasteiger partial charge on any atom is -0.387 e. The molecule has 1 aromatic rings. The number of fused-ring (bicyclic) bond motifs is 1. The summed E-state index contributed by atoms with van der Waals surface area (Å²) in [6.07, 6.45) is 0.627. The lowest BCUT2D eigenvalue weighted by molar-refractivity contribution is 0.143. The van der Waals surface area contributed by atoms with Crippen molar-refractivity contribution in [3.05, 3.63) is 35.4 Å². The van der Waals surface area contributed by atoms with Crippen LogP contribution in [0.4, 0.5) is 0 Å². The van der Waals surface area contributed by atoms with Gasteiger partial charge in [0.15, 0.2) is 0 Å². The second-order valence-corrected chi connectivity index (χ2v) is 3.51. The van der Waals surface area contributed by atoms with E-state index in [-0.39, 0.29) is 12.1 Å². The molecule has 0 radical (unpaired) electrons. The molecular weight excluding hydrogens is 162 g/mol. The molecule has 0 spiro atoms. The molecule has 1 aliphatic rings. The van der Waals surface area contributed by atoms with Gasteiger partial charge in [-0.1, -0.05) is 31.2 Å². The van der Waals surface area contributed by atoms with E-state index in [0.29, 0.717) is 0 Å². The van der Waals surface area contributed by atoms with Crippen LogP contribution < -0.4 is 5.32 Å². The molecule has 70 valence electrons. The monoisotopic (exact) mass is 177 g/mol. The molecule has 0 saturated carbocycles. The minimum atomic E-state index is -0.323. The van der Waals surface area contributed by atoms with Crippen molar-refractivity contribution in [2.24, 2.45) is 0 Å². The van der Waals surface area contributed by atoms with Crippen LogP contribution in [0.5, 0.6) is 0 Å². The van der Waals surface area contributed by atoms with Gasteiger partial charge in [-0.3, -0.25) is 0 Å². The minimum absolute atomic E-state index is 0.211. The van der Waals surface area contributed by atoms with Gasteiger partial charge in [0.2, 0.25) is 0 Å². The van der Waals surface area contributed by atoms with Crippen molar-refractivity contribution >= 4 is 0 Å². The Labute approximate surface area is 78.6 Å². The van der Waals surface area contributed by atoms with Gasteiger partial charge in [-0.15, -0.1) is 0 Å². The fourth-order valence-electron chi connectivity index (χ4n) is 2.02. The Balaban J connectivity index is 2.22. The SMILES string of the molecule is CCN[C@H]1Cc2ccccc2[C@H]1O. The molecular formula is C11H15NO. The standard InChI is InChI=1S/C11H15NO/c1-2-12-10-7-8-5-3-4-6-9(8)11(10)13/h3-6,10-13H,2,7H2,1H3/t10-,11+/m0/s1. The molecule has 0 aromatic heterocycles. The number of hydrogen-bond acceptors (Lipinski definition) is 2. The van der Waals surface area contributed by atoms with Crippen LogP contribution in [0.2, 0.25) is 0 Å². The first-order chi connectivity index (χ1) is 6.33. The summed E-state index contributed by atoms with van der Waals surface area (Å²) in [4.78, 5) is 0. The number of aliphatic hydroxyl groups excluding tert-OH is 1. The molecule has 2 nitrogen and oxygen atoms in total. The van der Waals surface area contributed by atoms with Gasteiger partial charge in [0, 0.05) is 6.04 Å². The summed E-state index contributed by atoms with van der Waals surface area (Å²) in [6.45, 7) is 2.98. The summed E-state index contributed by atoms with van der Waals surface area (Å²) in [5.41, 5.74) is 2.37. The van der Waals surface area contributed by atoms with Crippen molar-refractivity contribution < 1.29 is 5.11 Å². The van der Waals surface area contributed by atoms with Gasteiger partial charge >= 0.3 is 0 Å². The molecule has 2 heteroatoms. The molecule has 0 fully saturated rings. The Morgan fingerprint density at radius 2 is 2.23 bits per heavy atom. The third-order valence-corrected chi connectivity index (χ3v) is 2.66. The molecule has 2 atom stereocenters. The van der Waals surface area contributed by atoms with Crippen molar-refractivity contribution in [3.8, 4) is 0 Å². The lowest BCUT2D eigenvalue weighted by Crippen LogP contribution is -2.32. The van der Waals surface area contributed by atoms with Crippen molar-refractivity contribution in [1.29, 1.82) is 0 Å². The van der Waals surface area contributed by atoms with E-state index in [4.69, 9.17) is 0 Å². The third-order valence-electron chi connectivity index (χ3n) is 2.66. The Kier molecular flexibility index (Phi) is 2.34. The summed E-state index contributed by atoms with van der Waals surface area (Å²) in [5, 5.41) is 13.2.